The second-order valence-corrected chi connectivity index (χ2v) is 7.02. The number of rotatable bonds is 1. The van der Waals surface area contributed by atoms with Crippen molar-refractivity contribution >= 4 is 22.6 Å². The molecule has 0 heterocycles. The van der Waals surface area contributed by atoms with Gasteiger partial charge in [-0.3, -0.25) is 0 Å². The van der Waals surface area contributed by atoms with Crippen molar-refractivity contribution < 1.29 is 39.5 Å². The van der Waals surface area contributed by atoms with Gasteiger partial charge in [-0.05, 0) is 12.8 Å². The molecular weight excluding hydrogens is 430 g/mol. The van der Waals surface area contributed by atoms with Crippen LogP contribution in [0.5, 0.6) is 0 Å². The SMILES string of the molecule is FC1(F)C(F)(F)C(F)(F)C(F)(C2CCCCC2I)C1(F)F. The van der Waals surface area contributed by atoms with Crippen LogP contribution in [0.1, 0.15) is 25.7 Å². The highest BCUT2D eigenvalue weighted by molar-refractivity contribution is 14.1. The van der Waals surface area contributed by atoms with Gasteiger partial charge in [0.2, 0.25) is 0 Å². The van der Waals surface area contributed by atoms with Gasteiger partial charge in [-0.15, -0.1) is 0 Å². The Labute approximate surface area is 127 Å². The Morgan fingerprint density at radius 3 is 1.38 bits per heavy atom. The second-order valence-electron chi connectivity index (χ2n) is 5.42. The van der Waals surface area contributed by atoms with Gasteiger partial charge in [0.1, 0.15) is 0 Å². The van der Waals surface area contributed by atoms with E-state index in [9.17, 15) is 39.5 Å². The van der Waals surface area contributed by atoms with E-state index in [-0.39, 0.29) is 12.8 Å². The predicted octanol–water partition coefficient (Wildman–Crippen LogP) is 5.24. The van der Waals surface area contributed by atoms with Gasteiger partial charge < -0.3 is 0 Å². The Bertz CT molecular complexity index is 407. The maximum atomic E-state index is 14.5. The molecule has 10 heteroatoms. The van der Waals surface area contributed by atoms with Crippen LogP contribution in [-0.4, -0.2) is 33.3 Å². The summed E-state index contributed by atoms with van der Waals surface area (Å²) in [6, 6.07) is 0. The van der Waals surface area contributed by atoms with Crippen LogP contribution < -0.4 is 0 Å². The Hall–Kier alpha value is 0.1000. The molecule has 2 aliphatic rings. The smallest absolute Gasteiger partial charge is 0.230 e. The normalized spacial score (nSPS) is 39.1. The van der Waals surface area contributed by atoms with Gasteiger partial charge in [-0.25, -0.2) is 4.39 Å². The van der Waals surface area contributed by atoms with Crippen molar-refractivity contribution in [2.24, 2.45) is 5.92 Å². The summed E-state index contributed by atoms with van der Waals surface area (Å²) >= 11 is 1.38. The molecule has 0 radical (unpaired) electrons. The molecule has 0 aromatic carbocycles. The molecular formula is C11H10F9I. The van der Waals surface area contributed by atoms with Gasteiger partial charge in [0.25, 0.3) is 5.67 Å². The Morgan fingerprint density at radius 2 is 1.00 bits per heavy atom. The minimum absolute atomic E-state index is 0.0280. The van der Waals surface area contributed by atoms with E-state index in [0.717, 1.165) is 0 Å². The van der Waals surface area contributed by atoms with Gasteiger partial charge in [0.05, 0.1) is 0 Å². The first-order valence-electron chi connectivity index (χ1n) is 6.11. The highest BCUT2D eigenvalue weighted by atomic mass is 127. The molecule has 2 aliphatic carbocycles. The Morgan fingerprint density at radius 1 is 0.619 bits per heavy atom. The highest BCUT2D eigenvalue weighted by Gasteiger charge is 3.01. The lowest BCUT2D eigenvalue weighted by Crippen LogP contribution is -2.61. The molecule has 2 unspecified atom stereocenters. The van der Waals surface area contributed by atoms with Crippen LogP contribution in [0.25, 0.3) is 0 Å². The van der Waals surface area contributed by atoms with E-state index < -0.39 is 45.6 Å². The molecule has 0 amide bonds. The van der Waals surface area contributed by atoms with Gasteiger partial charge in [-0.1, -0.05) is 35.4 Å². The lowest BCUT2D eigenvalue weighted by atomic mass is 9.74. The number of hydrogen-bond donors (Lipinski definition) is 0. The first kappa shape index (κ1) is 17.5. The third kappa shape index (κ3) is 1.71. The van der Waals surface area contributed by atoms with Gasteiger partial charge in [0.15, 0.2) is 0 Å². The summed E-state index contributed by atoms with van der Waals surface area (Å²) in [4.78, 5) is 0. The van der Waals surface area contributed by atoms with E-state index in [4.69, 9.17) is 0 Å². The molecule has 21 heavy (non-hydrogen) atoms. The molecule has 2 saturated carbocycles. The first-order valence-corrected chi connectivity index (χ1v) is 7.35. The summed E-state index contributed by atoms with van der Waals surface area (Å²) in [5.74, 6) is -27.5. The molecule has 0 N–H and O–H groups in total. The van der Waals surface area contributed by atoms with Crippen LogP contribution in [0.15, 0.2) is 0 Å². The molecule has 0 nitrogen and oxygen atoms in total. The van der Waals surface area contributed by atoms with Crippen LogP contribution in [0.4, 0.5) is 39.5 Å². The van der Waals surface area contributed by atoms with Crippen LogP contribution in [0.3, 0.4) is 0 Å². The second kappa shape index (κ2) is 4.56. The highest BCUT2D eigenvalue weighted by Crippen LogP contribution is 2.72. The van der Waals surface area contributed by atoms with Crippen molar-refractivity contribution in [2.75, 3.05) is 0 Å². The lowest BCUT2D eigenvalue weighted by molar-refractivity contribution is -0.303. The van der Waals surface area contributed by atoms with Crippen molar-refractivity contribution in [2.45, 2.75) is 59.0 Å². The fourth-order valence-corrected chi connectivity index (χ4v) is 4.34. The van der Waals surface area contributed by atoms with Crippen molar-refractivity contribution in [3.63, 3.8) is 0 Å². The minimum atomic E-state index is -6.45. The van der Waals surface area contributed by atoms with Crippen molar-refractivity contribution in [1.82, 2.24) is 0 Å². The average molecular weight is 440 g/mol. The number of halogens is 10. The molecule has 0 aliphatic heterocycles. The molecule has 0 bridgehead atoms. The molecule has 2 atom stereocenters. The van der Waals surface area contributed by atoms with Crippen molar-refractivity contribution in [3.05, 3.63) is 0 Å². The van der Waals surface area contributed by atoms with Gasteiger partial charge in [-0.2, -0.15) is 35.1 Å². The molecule has 2 rings (SSSR count). The standard InChI is InChI=1S/C11H10F9I/c12-7(5-3-1-2-4-6(5)21)8(13,14)10(17,18)11(19,20)9(7,15)16/h5-6H,1-4H2. The predicted molar refractivity (Wildman–Crippen MR) is 63.4 cm³/mol. The summed E-state index contributed by atoms with van der Waals surface area (Å²) in [5.41, 5.74) is -5.28. The van der Waals surface area contributed by atoms with E-state index in [0.29, 0.717) is 6.42 Å². The molecule has 0 aromatic rings. The maximum absolute atomic E-state index is 14.5. The quantitative estimate of drug-likeness (QED) is 0.297. The zero-order chi connectivity index (χ0) is 16.5. The van der Waals surface area contributed by atoms with E-state index >= 15 is 0 Å². The summed E-state index contributed by atoms with van der Waals surface area (Å²) in [5, 5.41) is 0. The van der Waals surface area contributed by atoms with E-state index in [1.54, 1.807) is 0 Å². The fourth-order valence-electron chi connectivity index (χ4n) is 3.05. The van der Waals surface area contributed by atoms with Crippen LogP contribution in [0.2, 0.25) is 0 Å². The molecule has 0 spiro atoms. The third-order valence-corrected chi connectivity index (χ3v) is 5.78. The van der Waals surface area contributed by atoms with E-state index in [1.165, 1.54) is 22.6 Å². The monoisotopic (exact) mass is 440 g/mol. The van der Waals surface area contributed by atoms with E-state index in [2.05, 4.69) is 0 Å². The van der Waals surface area contributed by atoms with Gasteiger partial charge >= 0.3 is 23.7 Å². The topological polar surface area (TPSA) is 0 Å². The maximum Gasteiger partial charge on any atom is 0.381 e. The molecule has 2 fully saturated rings. The van der Waals surface area contributed by atoms with Gasteiger partial charge in [0, 0.05) is 9.84 Å². The number of hydrogen-bond acceptors (Lipinski definition) is 0. The molecule has 0 aromatic heterocycles. The summed E-state index contributed by atoms with van der Waals surface area (Å²) < 4.78 is 121. The largest absolute Gasteiger partial charge is 0.381 e. The fraction of sp³-hybridized carbons (Fsp3) is 1.00. The minimum Gasteiger partial charge on any atom is -0.230 e. The summed E-state index contributed by atoms with van der Waals surface area (Å²) in [6.07, 6.45) is -0.0924. The molecule has 0 saturated heterocycles. The van der Waals surface area contributed by atoms with Crippen LogP contribution in [-0.2, 0) is 0 Å². The van der Waals surface area contributed by atoms with Crippen LogP contribution >= 0.6 is 22.6 Å². The van der Waals surface area contributed by atoms with Crippen molar-refractivity contribution in [3.8, 4) is 0 Å². The summed E-state index contributed by atoms with van der Waals surface area (Å²) in [7, 11) is 0. The number of alkyl halides is 10. The average Bonchev–Trinajstić information content (AvgIpc) is 2.41. The van der Waals surface area contributed by atoms with Crippen LogP contribution in [0, 0.1) is 5.92 Å². The molecule has 124 valence electrons. The lowest BCUT2D eigenvalue weighted by Gasteiger charge is -2.41. The zero-order valence-electron chi connectivity index (χ0n) is 10.3. The third-order valence-electron chi connectivity index (χ3n) is 4.29. The summed E-state index contributed by atoms with van der Waals surface area (Å²) in [6.45, 7) is 0. The first-order chi connectivity index (χ1) is 9.27. The Balaban J connectivity index is 2.65. The van der Waals surface area contributed by atoms with E-state index in [1.807, 2.05) is 0 Å². The Kier molecular flexibility index (Phi) is 3.79. The zero-order valence-corrected chi connectivity index (χ0v) is 12.4. The van der Waals surface area contributed by atoms with Crippen molar-refractivity contribution in [1.29, 1.82) is 0 Å².